The Bertz CT molecular complexity index is 458. The topological polar surface area (TPSA) is 69.4 Å². The molecule has 5 heteroatoms. The zero-order valence-electron chi connectivity index (χ0n) is 9.75. The van der Waals surface area contributed by atoms with Crippen molar-refractivity contribution in [3.8, 4) is 0 Å². The summed E-state index contributed by atoms with van der Waals surface area (Å²) in [4.78, 5) is 22.5. The Morgan fingerprint density at radius 1 is 1.53 bits per heavy atom. The average Bonchev–Trinajstić information content (AvgIpc) is 2.32. The summed E-state index contributed by atoms with van der Waals surface area (Å²) < 4.78 is 4.87. The second-order valence-corrected chi connectivity index (χ2v) is 3.79. The maximum Gasteiger partial charge on any atom is 0.340 e. The molecule has 0 heterocycles. The van der Waals surface area contributed by atoms with Crippen molar-refractivity contribution in [3.05, 3.63) is 27.8 Å². The molecular weight excluding hydrogens is 242 g/mol. The summed E-state index contributed by atoms with van der Waals surface area (Å²) in [5.41, 5.74) is 7.03. The Kier molecular flexibility index (Phi) is 4.52. The highest BCUT2D eigenvalue weighted by molar-refractivity contribution is 6.36. The molecule has 0 saturated heterocycles. The number of ether oxygens (including phenoxy) is 1. The van der Waals surface area contributed by atoms with Crippen molar-refractivity contribution < 1.29 is 14.3 Å². The van der Waals surface area contributed by atoms with Crippen molar-refractivity contribution in [2.45, 2.75) is 20.3 Å². The number of halogens is 1. The number of rotatable bonds is 4. The lowest BCUT2D eigenvalue weighted by molar-refractivity contribution is 0.0527. The lowest BCUT2D eigenvalue weighted by atomic mass is 10.0. The van der Waals surface area contributed by atoms with Crippen LogP contribution in [0.4, 0.5) is 5.69 Å². The highest BCUT2D eigenvalue weighted by Crippen LogP contribution is 2.30. The van der Waals surface area contributed by atoms with Gasteiger partial charge in [-0.05, 0) is 25.0 Å². The van der Waals surface area contributed by atoms with Crippen LogP contribution in [0.3, 0.4) is 0 Å². The Morgan fingerprint density at radius 3 is 2.65 bits per heavy atom. The summed E-state index contributed by atoms with van der Waals surface area (Å²) in [5, 5.41) is 0.113. The molecule has 92 valence electrons. The molecule has 0 aliphatic heterocycles. The Labute approximate surface area is 105 Å². The predicted molar refractivity (Wildman–Crippen MR) is 66.6 cm³/mol. The van der Waals surface area contributed by atoms with E-state index in [4.69, 9.17) is 22.1 Å². The molecule has 0 atom stereocenters. The first-order valence-electron chi connectivity index (χ1n) is 5.29. The number of nitrogens with two attached hydrogens (primary N) is 1. The monoisotopic (exact) mass is 255 g/mol. The molecule has 0 aliphatic rings. The molecule has 1 aromatic rings. The maximum absolute atomic E-state index is 11.6. The molecule has 2 N–H and O–H groups in total. The smallest absolute Gasteiger partial charge is 0.340 e. The average molecular weight is 256 g/mol. The first kappa shape index (κ1) is 13.5. The minimum Gasteiger partial charge on any atom is -0.462 e. The van der Waals surface area contributed by atoms with Gasteiger partial charge in [-0.15, -0.1) is 0 Å². The van der Waals surface area contributed by atoms with Gasteiger partial charge in [-0.25, -0.2) is 4.79 Å². The number of hydrogen-bond donors (Lipinski definition) is 1. The lowest BCUT2D eigenvalue weighted by Gasteiger charge is -2.12. The number of carbonyl (C=O) groups excluding carboxylic acids is 2. The van der Waals surface area contributed by atoms with Crippen LogP contribution in [0.25, 0.3) is 0 Å². The van der Waals surface area contributed by atoms with Crippen LogP contribution in [0.15, 0.2) is 6.07 Å². The highest BCUT2D eigenvalue weighted by Gasteiger charge is 2.18. The van der Waals surface area contributed by atoms with Gasteiger partial charge < -0.3 is 10.5 Å². The van der Waals surface area contributed by atoms with E-state index in [1.807, 2.05) is 6.92 Å². The minimum atomic E-state index is -0.529. The first-order valence-corrected chi connectivity index (χ1v) is 5.67. The highest BCUT2D eigenvalue weighted by atomic mass is 35.5. The van der Waals surface area contributed by atoms with Crippen molar-refractivity contribution >= 4 is 29.5 Å². The number of anilines is 1. The third-order valence-corrected chi connectivity index (χ3v) is 2.83. The van der Waals surface area contributed by atoms with E-state index < -0.39 is 5.97 Å². The van der Waals surface area contributed by atoms with Crippen molar-refractivity contribution in [2.75, 3.05) is 12.3 Å². The van der Waals surface area contributed by atoms with Crippen LogP contribution in [0, 0.1) is 0 Å². The molecule has 0 fully saturated rings. The zero-order valence-corrected chi connectivity index (χ0v) is 10.5. The maximum atomic E-state index is 11.6. The van der Waals surface area contributed by atoms with Gasteiger partial charge >= 0.3 is 5.97 Å². The molecule has 0 spiro atoms. The van der Waals surface area contributed by atoms with Crippen LogP contribution in [-0.4, -0.2) is 18.9 Å². The van der Waals surface area contributed by atoms with Crippen molar-refractivity contribution in [1.82, 2.24) is 0 Å². The van der Waals surface area contributed by atoms with E-state index in [0.717, 1.165) is 0 Å². The number of aldehydes is 1. The molecule has 0 aromatic heterocycles. The number of benzene rings is 1. The molecular formula is C12H14ClNO3. The molecule has 1 rings (SSSR count). The molecule has 0 unspecified atom stereocenters. The van der Waals surface area contributed by atoms with Crippen LogP contribution < -0.4 is 5.73 Å². The first-order chi connectivity index (χ1) is 8.06. The van der Waals surface area contributed by atoms with E-state index in [0.29, 0.717) is 23.8 Å². The summed E-state index contributed by atoms with van der Waals surface area (Å²) >= 11 is 5.96. The third-order valence-electron chi connectivity index (χ3n) is 2.42. The standard InChI is InChI=1S/C12H14ClNO3/c1-3-7-5-8(12(16)17-4-2)11(14)10(13)9(7)6-15/h5-6H,3-4,14H2,1-2H3. The van der Waals surface area contributed by atoms with Gasteiger partial charge in [0.25, 0.3) is 0 Å². The number of carbonyl (C=O) groups is 2. The molecule has 0 saturated carbocycles. The summed E-state index contributed by atoms with van der Waals surface area (Å²) in [6.45, 7) is 3.83. The molecule has 1 aromatic carbocycles. The molecule has 0 amide bonds. The van der Waals surface area contributed by atoms with Gasteiger partial charge in [-0.3, -0.25) is 4.79 Å². The Balaban J connectivity index is 3.39. The molecule has 0 aliphatic carbocycles. The summed E-state index contributed by atoms with van der Waals surface area (Å²) in [6, 6.07) is 1.56. The van der Waals surface area contributed by atoms with Crippen LogP contribution in [0.2, 0.25) is 5.02 Å². The van der Waals surface area contributed by atoms with Crippen LogP contribution >= 0.6 is 11.6 Å². The van der Waals surface area contributed by atoms with E-state index in [1.54, 1.807) is 13.0 Å². The largest absolute Gasteiger partial charge is 0.462 e. The van der Waals surface area contributed by atoms with Crippen LogP contribution in [0.5, 0.6) is 0 Å². The number of esters is 1. The lowest BCUT2D eigenvalue weighted by Crippen LogP contribution is -2.11. The second-order valence-electron chi connectivity index (χ2n) is 3.42. The number of hydrogen-bond acceptors (Lipinski definition) is 4. The van der Waals surface area contributed by atoms with Crippen LogP contribution in [0.1, 0.15) is 40.1 Å². The van der Waals surface area contributed by atoms with E-state index in [1.165, 1.54) is 0 Å². The summed E-state index contributed by atoms with van der Waals surface area (Å²) in [6.07, 6.45) is 1.23. The molecule has 0 bridgehead atoms. The van der Waals surface area contributed by atoms with Gasteiger partial charge in [0.15, 0.2) is 6.29 Å². The van der Waals surface area contributed by atoms with E-state index in [2.05, 4.69) is 0 Å². The van der Waals surface area contributed by atoms with Crippen LogP contribution in [-0.2, 0) is 11.2 Å². The minimum absolute atomic E-state index is 0.0874. The summed E-state index contributed by atoms with van der Waals surface area (Å²) in [7, 11) is 0. The summed E-state index contributed by atoms with van der Waals surface area (Å²) in [5.74, 6) is -0.529. The van der Waals surface area contributed by atoms with Gasteiger partial charge in [0.1, 0.15) is 0 Å². The molecule has 0 radical (unpaired) electrons. The van der Waals surface area contributed by atoms with Gasteiger partial charge in [-0.2, -0.15) is 0 Å². The van der Waals surface area contributed by atoms with E-state index >= 15 is 0 Å². The molecule has 4 nitrogen and oxygen atoms in total. The zero-order chi connectivity index (χ0) is 13.0. The van der Waals surface area contributed by atoms with Crippen molar-refractivity contribution in [1.29, 1.82) is 0 Å². The second kappa shape index (κ2) is 5.68. The fourth-order valence-electron chi connectivity index (χ4n) is 1.53. The normalized spacial score (nSPS) is 10.1. The van der Waals surface area contributed by atoms with E-state index in [9.17, 15) is 9.59 Å². The fourth-order valence-corrected chi connectivity index (χ4v) is 1.80. The Hall–Kier alpha value is -1.55. The predicted octanol–water partition coefficient (Wildman–Crippen LogP) is 2.47. The van der Waals surface area contributed by atoms with Crippen molar-refractivity contribution in [3.63, 3.8) is 0 Å². The van der Waals surface area contributed by atoms with Gasteiger partial charge in [0, 0.05) is 5.56 Å². The SMILES string of the molecule is CCOC(=O)c1cc(CC)c(C=O)c(Cl)c1N. The van der Waals surface area contributed by atoms with Gasteiger partial charge in [-0.1, -0.05) is 18.5 Å². The number of nitrogen functional groups attached to an aromatic ring is 1. The fraction of sp³-hybridized carbons (Fsp3) is 0.333. The third kappa shape index (κ3) is 2.58. The van der Waals surface area contributed by atoms with Crippen molar-refractivity contribution in [2.24, 2.45) is 0 Å². The van der Waals surface area contributed by atoms with E-state index in [-0.39, 0.29) is 22.9 Å². The molecule has 17 heavy (non-hydrogen) atoms. The van der Waals surface area contributed by atoms with Gasteiger partial charge in [0.05, 0.1) is 22.9 Å². The quantitative estimate of drug-likeness (QED) is 0.510. The Morgan fingerprint density at radius 2 is 2.18 bits per heavy atom. The van der Waals surface area contributed by atoms with Gasteiger partial charge in [0.2, 0.25) is 0 Å². The number of aryl methyl sites for hydroxylation is 1.